The minimum absolute atomic E-state index is 0.0144. The number of hydrogen-bond donors (Lipinski definition) is 1. The molecule has 0 saturated carbocycles. The highest BCUT2D eigenvalue weighted by molar-refractivity contribution is 5.19. The van der Waals surface area contributed by atoms with Gasteiger partial charge in [-0.3, -0.25) is 0 Å². The van der Waals surface area contributed by atoms with Gasteiger partial charge < -0.3 is 10.1 Å². The minimum atomic E-state index is -0.199. The van der Waals surface area contributed by atoms with E-state index in [-0.39, 0.29) is 18.0 Å². The van der Waals surface area contributed by atoms with E-state index in [4.69, 9.17) is 4.74 Å². The Morgan fingerprint density at radius 3 is 3.07 bits per heavy atom. The van der Waals surface area contributed by atoms with Gasteiger partial charge in [0.2, 0.25) is 0 Å². The lowest BCUT2D eigenvalue weighted by Crippen LogP contribution is -2.40. The Morgan fingerprint density at radius 1 is 1.47 bits per heavy atom. The maximum Gasteiger partial charge on any atom is 0.123 e. The first kappa shape index (κ1) is 10.6. The van der Waals surface area contributed by atoms with Gasteiger partial charge in [-0.05, 0) is 24.1 Å². The van der Waals surface area contributed by atoms with Crippen LogP contribution in [0.25, 0.3) is 0 Å². The van der Waals surface area contributed by atoms with Crippen LogP contribution in [0.15, 0.2) is 24.3 Å². The summed E-state index contributed by atoms with van der Waals surface area (Å²) in [5.74, 6) is -0.199. The molecular formula is C12H16FNO. The van der Waals surface area contributed by atoms with Crippen molar-refractivity contribution in [2.75, 3.05) is 13.1 Å². The van der Waals surface area contributed by atoms with E-state index in [1.807, 2.05) is 6.07 Å². The van der Waals surface area contributed by atoms with E-state index in [0.717, 1.165) is 25.1 Å². The van der Waals surface area contributed by atoms with Crippen LogP contribution in [0.4, 0.5) is 4.39 Å². The summed E-state index contributed by atoms with van der Waals surface area (Å²) in [5, 5.41) is 3.31. The van der Waals surface area contributed by atoms with E-state index < -0.39 is 0 Å². The van der Waals surface area contributed by atoms with Gasteiger partial charge in [0.15, 0.2) is 0 Å². The number of rotatable bonds is 2. The molecular weight excluding hydrogens is 193 g/mol. The smallest absolute Gasteiger partial charge is 0.123 e. The zero-order valence-corrected chi connectivity index (χ0v) is 8.87. The normalized spacial score (nSPS) is 26.5. The van der Waals surface area contributed by atoms with Crippen molar-refractivity contribution in [2.24, 2.45) is 0 Å². The van der Waals surface area contributed by atoms with Gasteiger partial charge >= 0.3 is 0 Å². The van der Waals surface area contributed by atoms with Gasteiger partial charge in [-0.2, -0.15) is 0 Å². The monoisotopic (exact) mass is 209 g/mol. The Hall–Kier alpha value is -0.930. The number of halogens is 1. The minimum Gasteiger partial charge on any atom is -0.368 e. The lowest BCUT2D eigenvalue weighted by Gasteiger charge is -2.30. The third kappa shape index (κ3) is 2.55. The number of benzene rings is 1. The Bertz CT molecular complexity index is 329. The van der Waals surface area contributed by atoms with Crippen LogP contribution in [0.1, 0.15) is 25.0 Å². The Balaban J connectivity index is 2.09. The molecule has 1 fully saturated rings. The Kier molecular flexibility index (Phi) is 3.34. The summed E-state index contributed by atoms with van der Waals surface area (Å²) in [6.45, 7) is 3.75. The van der Waals surface area contributed by atoms with Crippen molar-refractivity contribution in [3.05, 3.63) is 35.6 Å². The molecule has 0 bridgehead atoms. The summed E-state index contributed by atoms with van der Waals surface area (Å²) in [7, 11) is 0. The molecule has 1 aromatic rings. The molecule has 1 heterocycles. The van der Waals surface area contributed by atoms with Gasteiger partial charge in [0, 0.05) is 13.1 Å². The first-order valence-corrected chi connectivity index (χ1v) is 5.41. The number of nitrogens with one attached hydrogen (secondary N) is 1. The highest BCUT2D eigenvalue weighted by Gasteiger charge is 2.22. The molecule has 15 heavy (non-hydrogen) atoms. The molecule has 2 nitrogen and oxygen atoms in total. The van der Waals surface area contributed by atoms with E-state index >= 15 is 0 Å². The number of hydrogen-bond acceptors (Lipinski definition) is 2. The lowest BCUT2D eigenvalue weighted by atomic mass is 10.1. The summed E-state index contributed by atoms with van der Waals surface area (Å²) in [6, 6.07) is 6.64. The van der Waals surface area contributed by atoms with Gasteiger partial charge in [-0.1, -0.05) is 19.1 Å². The molecule has 1 aliphatic heterocycles. The van der Waals surface area contributed by atoms with E-state index in [1.165, 1.54) is 6.07 Å². The fraction of sp³-hybridized carbons (Fsp3) is 0.500. The van der Waals surface area contributed by atoms with Crippen molar-refractivity contribution in [3.8, 4) is 0 Å². The van der Waals surface area contributed by atoms with Crippen molar-refractivity contribution >= 4 is 0 Å². The van der Waals surface area contributed by atoms with Crippen LogP contribution in [0.5, 0.6) is 0 Å². The molecule has 0 aliphatic carbocycles. The summed E-state index contributed by atoms with van der Waals surface area (Å²) >= 11 is 0. The molecule has 1 aromatic carbocycles. The molecule has 0 radical (unpaired) electrons. The van der Waals surface area contributed by atoms with Crippen LogP contribution in [0.3, 0.4) is 0 Å². The fourth-order valence-electron chi connectivity index (χ4n) is 1.85. The van der Waals surface area contributed by atoms with Crippen molar-refractivity contribution in [1.82, 2.24) is 5.32 Å². The average Bonchev–Trinajstić information content (AvgIpc) is 2.29. The molecule has 1 saturated heterocycles. The van der Waals surface area contributed by atoms with E-state index in [1.54, 1.807) is 12.1 Å². The molecule has 0 amide bonds. The standard InChI is InChI=1S/C12H16FNO/c1-2-11-7-14-8-12(15-11)9-4-3-5-10(13)6-9/h3-6,11-12,14H,2,7-8H2,1H3. The van der Waals surface area contributed by atoms with Crippen LogP contribution in [0, 0.1) is 5.82 Å². The van der Waals surface area contributed by atoms with Gasteiger partial charge in [0.25, 0.3) is 0 Å². The highest BCUT2D eigenvalue weighted by atomic mass is 19.1. The van der Waals surface area contributed by atoms with Crippen LogP contribution in [-0.4, -0.2) is 19.2 Å². The van der Waals surface area contributed by atoms with E-state index in [2.05, 4.69) is 12.2 Å². The largest absolute Gasteiger partial charge is 0.368 e. The predicted octanol–water partition coefficient (Wildman–Crippen LogP) is 2.27. The van der Waals surface area contributed by atoms with Gasteiger partial charge in [0.1, 0.15) is 5.82 Å². The SMILES string of the molecule is CCC1CNCC(c2cccc(F)c2)O1. The number of morpholine rings is 1. The maximum absolute atomic E-state index is 13.0. The second-order valence-corrected chi connectivity index (χ2v) is 3.87. The van der Waals surface area contributed by atoms with Gasteiger partial charge in [-0.15, -0.1) is 0 Å². The molecule has 2 unspecified atom stereocenters. The van der Waals surface area contributed by atoms with Crippen molar-refractivity contribution < 1.29 is 9.13 Å². The van der Waals surface area contributed by atoms with Crippen LogP contribution < -0.4 is 5.32 Å². The second kappa shape index (κ2) is 4.73. The van der Waals surface area contributed by atoms with Gasteiger partial charge in [-0.25, -0.2) is 4.39 Å². The van der Waals surface area contributed by atoms with Gasteiger partial charge in [0.05, 0.1) is 12.2 Å². The molecule has 2 atom stereocenters. The molecule has 0 aromatic heterocycles. The highest BCUT2D eigenvalue weighted by Crippen LogP contribution is 2.22. The Labute approximate surface area is 89.4 Å². The van der Waals surface area contributed by atoms with Crippen molar-refractivity contribution in [1.29, 1.82) is 0 Å². The van der Waals surface area contributed by atoms with Crippen molar-refractivity contribution in [3.63, 3.8) is 0 Å². The first-order valence-electron chi connectivity index (χ1n) is 5.41. The molecule has 2 rings (SSSR count). The van der Waals surface area contributed by atoms with E-state index in [0.29, 0.717) is 0 Å². The fourth-order valence-corrected chi connectivity index (χ4v) is 1.85. The average molecular weight is 209 g/mol. The molecule has 0 spiro atoms. The number of ether oxygens (including phenoxy) is 1. The second-order valence-electron chi connectivity index (χ2n) is 3.87. The summed E-state index contributed by atoms with van der Waals surface area (Å²) in [6.07, 6.45) is 1.21. The maximum atomic E-state index is 13.0. The van der Waals surface area contributed by atoms with Crippen LogP contribution >= 0.6 is 0 Å². The zero-order valence-electron chi connectivity index (χ0n) is 8.87. The molecule has 3 heteroatoms. The first-order chi connectivity index (χ1) is 7.29. The molecule has 1 aliphatic rings. The topological polar surface area (TPSA) is 21.3 Å². The Morgan fingerprint density at radius 2 is 2.33 bits per heavy atom. The summed E-state index contributed by atoms with van der Waals surface area (Å²) < 4.78 is 18.9. The summed E-state index contributed by atoms with van der Waals surface area (Å²) in [5.41, 5.74) is 0.917. The molecule has 1 N–H and O–H groups in total. The summed E-state index contributed by atoms with van der Waals surface area (Å²) in [4.78, 5) is 0. The van der Waals surface area contributed by atoms with Crippen molar-refractivity contribution in [2.45, 2.75) is 25.6 Å². The van der Waals surface area contributed by atoms with E-state index in [9.17, 15) is 4.39 Å². The van der Waals surface area contributed by atoms with Crippen LogP contribution in [0.2, 0.25) is 0 Å². The quantitative estimate of drug-likeness (QED) is 0.806. The van der Waals surface area contributed by atoms with Crippen LogP contribution in [-0.2, 0) is 4.74 Å². The predicted molar refractivity (Wildman–Crippen MR) is 57.2 cm³/mol. The zero-order chi connectivity index (χ0) is 10.7. The molecule has 82 valence electrons. The third-order valence-electron chi connectivity index (χ3n) is 2.73. The third-order valence-corrected chi connectivity index (χ3v) is 2.73. The lowest BCUT2D eigenvalue weighted by molar-refractivity contribution is -0.0401.